The highest BCUT2D eigenvalue weighted by molar-refractivity contribution is 5.98. The van der Waals surface area contributed by atoms with Crippen molar-refractivity contribution in [3.8, 4) is 11.5 Å². The summed E-state index contributed by atoms with van der Waals surface area (Å²) in [5, 5.41) is 9.90. The zero-order chi connectivity index (χ0) is 26.6. The smallest absolute Gasteiger partial charge is 0.124 e. The summed E-state index contributed by atoms with van der Waals surface area (Å²) in [6.07, 6.45) is 1.00. The van der Waals surface area contributed by atoms with Crippen LogP contribution < -0.4 is 4.74 Å². The average molecular weight is 501 g/mol. The molecule has 198 valence electrons. The zero-order valence-corrected chi connectivity index (χ0v) is 23.3. The Balaban J connectivity index is 1.96. The second-order valence-electron chi connectivity index (χ2n) is 9.36. The van der Waals surface area contributed by atoms with Gasteiger partial charge in [-0.05, 0) is 84.7 Å². The van der Waals surface area contributed by atoms with Gasteiger partial charge < -0.3 is 19.6 Å². The van der Waals surface area contributed by atoms with E-state index in [-0.39, 0.29) is 11.9 Å². The van der Waals surface area contributed by atoms with Crippen LogP contribution in [0.2, 0.25) is 0 Å². The van der Waals surface area contributed by atoms with E-state index in [2.05, 4.69) is 99.0 Å². The third-order valence-electron chi connectivity index (χ3n) is 7.09. The number of phenolic OH excluding ortho intramolecular Hbond substituents is 1. The minimum atomic E-state index is 0.105. The molecule has 0 aliphatic carbocycles. The van der Waals surface area contributed by atoms with Gasteiger partial charge in [-0.1, -0.05) is 89.2 Å². The van der Waals surface area contributed by atoms with Gasteiger partial charge in [-0.25, -0.2) is 0 Å². The van der Waals surface area contributed by atoms with Crippen molar-refractivity contribution in [2.75, 3.05) is 39.3 Å². The summed E-state index contributed by atoms with van der Waals surface area (Å²) < 4.78 is 6.58. The molecule has 0 radical (unpaired) electrons. The number of benzene rings is 3. The van der Waals surface area contributed by atoms with Crippen molar-refractivity contribution in [3.63, 3.8) is 0 Å². The van der Waals surface area contributed by atoms with Gasteiger partial charge in [0.05, 0.1) is 0 Å². The highest BCUT2D eigenvalue weighted by Gasteiger charge is 2.18. The average Bonchev–Trinajstić information content (AvgIpc) is 2.94. The molecule has 1 N–H and O–H groups in total. The molecule has 37 heavy (non-hydrogen) atoms. The summed E-state index contributed by atoms with van der Waals surface area (Å²) in [5.74, 6) is 1.17. The summed E-state index contributed by atoms with van der Waals surface area (Å²) in [6, 6.07) is 26.6. The molecular formula is C33H44N2O2. The fraction of sp³-hybridized carbons (Fsp3) is 0.394. The molecule has 0 spiro atoms. The first kappa shape index (κ1) is 28.5. The quantitative estimate of drug-likeness (QED) is 0.238. The van der Waals surface area contributed by atoms with Crippen LogP contribution in [0.5, 0.6) is 11.5 Å². The third-order valence-corrected chi connectivity index (χ3v) is 7.09. The number of ether oxygens (including phenoxy) is 1. The molecule has 0 fully saturated rings. The van der Waals surface area contributed by atoms with E-state index in [1.165, 1.54) is 16.7 Å². The number of likely N-dealkylation sites (N-methyl/N-ethyl adjacent to an activating group) is 2. The summed E-state index contributed by atoms with van der Waals surface area (Å²) in [4.78, 5) is 4.86. The number of hydrogen-bond acceptors (Lipinski definition) is 4. The molecule has 0 unspecified atom stereocenters. The number of aromatic hydroxyl groups is 1. The van der Waals surface area contributed by atoms with Crippen LogP contribution in [0.3, 0.4) is 0 Å². The Labute approximate surface area is 224 Å². The Morgan fingerprint density at radius 3 is 1.59 bits per heavy atom. The Bertz CT molecular complexity index is 1070. The van der Waals surface area contributed by atoms with Crippen LogP contribution in [0.4, 0.5) is 0 Å². The lowest BCUT2D eigenvalue weighted by molar-refractivity contribution is 0.0989. The van der Waals surface area contributed by atoms with Gasteiger partial charge in [0.25, 0.3) is 0 Å². The van der Waals surface area contributed by atoms with E-state index in [1.807, 2.05) is 12.1 Å². The van der Waals surface area contributed by atoms with E-state index in [9.17, 15) is 5.11 Å². The normalized spacial score (nSPS) is 12.3. The van der Waals surface area contributed by atoms with Crippen molar-refractivity contribution in [1.82, 2.24) is 9.80 Å². The van der Waals surface area contributed by atoms with Gasteiger partial charge in [0.15, 0.2) is 0 Å². The van der Waals surface area contributed by atoms with E-state index < -0.39 is 0 Å². The van der Waals surface area contributed by atoms with Crippen molar-refractivity contribution in [2.24, 2.45) is 0 Å². The maximum Gasteiger partial charge on any atom is 0.124 e. The minimum absolute atomic E-state index is 0.105. The van der Waals surface area contributed by atoms with Gasteiger partial charge in [0.1, 0.15) is 17.6 Å². The molecule has 0 saturated heterocycles. The Kier molecular flexibility index (Phi) is 11.2. The molecule has 0 bridgehead atoms. The van der Waals surface area contributed by atoms with Crippen molar-refractivity contribution in [1.29, 1.82) is 0 Å². The number of hydrogen-bond donors (Lipinski definition) is 1. The standard InChI is InChI=1S/C33H44N2O2/c1-6-32(26-14-12-11-13-15-26)33(27-16-20-29(36)21-17-27)28-18-22-30(23-19-28)37-31(24-34(7-2)8-3)25-35(9-4)10-5/h11-23,31,36H,6-10,24-25H2,1-5H3. The van der Waals surface area contributed by atoms with Crippen molar-refractivity contribution in [3.05, 3.63) is 95.6 Å². The molecule has 3 rings (SSSR count). The Hall–Kier alpha value is -3.08. The Morgan fingerprint density at radius 2 is 1.14 bits per heavy atom. The molecule has 4 heteroatoms. The van der Waals surface area contributed by atoms with Crippen molar-refractivity contribution in [2.45, 2.75) is 47.1 Å². The molecule has 0 saturated carbocycles. The van der Waals surface area contributed by atoms with E-state index >= 15 is 0 Å². The molecule has 0 atom stereocenters. The molecule has 3 aromatic rings. The van der Waals surface area contributed by atoms with Gasteiger partial charge >= 0.3 is 0 Å². The van der Waals surface area contributed by atoms with Crippen molar-refractivity contribution < 1.29 is 9.84 Å². The maximum absolute atomic E-state index is 9.90. The van der Waals surface area contributed by atoms with Gasteiger partial charge in [-0.15, -0.1) is 0 Å². The van der Waals surface area contributed by atoms with Crippen LogP contribution >= 0.6 is 0 Å². The third kappa shape index (κ3) is 7.95. The SMILES string of the molecule is CCC(=C(c1ccc(O)cc1)c1ccc(OC(CN(CC)CC)CN(CC)CC)cc1)c1ccccc1. The van der Waals surface area contributed by atoms with Gasteiger partial charge in [0.2, 0.25) is 0 Å². The first-order valence-electron chi connectivity index (χ1n) is 13.8. The van der Waals surface area contributed by atoms with Crippen LogP contribution in [-0.2, 0) is 0 Å². The molecule has 4 nitrogen and oxygen atoms in total. The summed E-state index contributed by atoms with van der Waals surface area (Å²) in [5.41, 5.74) is 5.91. The topological polar surface area (TPSA) is 35.9 Å². The summed E-state index contributed by atoms with van der Waals surface area (Å²) >= 11 is 0. The minimum Gasteiger partial charge on any atom is -0.508 e. The van der Waals surface area contributed by atoms with Gasteiger partial charge in [-0.2, -0.15) is 0 Å². The summed E-state index contributed by atoms with van der Waals surface area (Å²) in [6.45, 7) is 17.0. The second-order valence-corrected chi connectivity index (χ2v) is 9.36. The number of nitrogens with zero attached hydrogens (tertiary/aromatic N) is 2. The second kappa shape index (κ2) is 14.6. The fourth-order valence-corrected chi connectivity index (χ4v) is 4.87. The van der Waals surface area contributed by atoms with Gasteiger partial charge in [0, 0.05) is 13.1 Å². The monoisotopic (exact) mass is 500 g/mol. The lowest BCUT2D eigenvalue weighted by Crippen LogP contribution is -2.43. The van der Waals surface area contributed by atoms with Crippen LogP contribution in [-0.4, -0.2) is 60.3 Å². The number of allylic oxidation sites excluding steroid dienone is 1. The number of phenols is 1. The first-order chi connectivity index (χ1) is 18.0. The molecule has 0 heterocycles. The van der Waals surface area contributed by atoms with Crippen LogP contribution in [0.25, 0.3) is 11.1 Å². The molecule has 0 aromatic heterocycles. The lowest BCUT2D eigenvalue weighted by atomic mass is 9.88. The van der Waals surface area contributed by atoms with Gasteiger partial charge in [-0.3, -0.25) is 0 Å². The zero-order valence-electron chi connectivity index (χ0n) is 23.3. The van der Waals surface area contributed by atoms with Crippen LogP contribution in [0, 0.1) is 0 Å². The van der Waals surface area contributed by atoms with E-state index in [4.69, 9.17) is 4.74 Å². The van der Waals surface area contributed by atoms with Crippen LogP contribution in [0.1, 0.15) is 57.7 Å². The summed E-state index contributed by atoms with van der Waals surface area (Å²) in [7, 11) is 0. The molecule has 0 aliphatic heterocycles. The molecule has 0 aliphatic rings. The first-order valence-corrected chi connectivity index (χ1v) is 13.8. The highest BCUT2D eigenvalue weighted by atomic mass is 16.5. The number of rotatable bonds is 14. The lowest BCUT2D eigenvalue weighted by Gasteiger charge is -2.30. The molecular weight excluding hydrogens is 456 g/mol. The molecule has 3 aromatic carbocycles. The highest BCUT2D eigenvalue weighted by Crippen LogP contribution is 2.35. The maximum atomic E-state index is 9.90. The predicted molar refractivity (Wildman–Crippen MR) is 157 cm³/mol. The molecule has 0 amide bonds. The van der Waals surface area contributed by atoms with Crippen molar-refractivity contribution >= 4 is 11.1 Å². The van der Waals surface area contributed by atoms with E-state index in [0.29, 0.717) is 0 Å². The largest absolute Gasteiger partial charge is 0.508 e. The van der Waals surface area contributed by atoms with Crippen LogP contribution in [0.15, 0.2) is 78.9 Å². The van der Waals surface area contributed by atoms with E-state index in [1.54, 1.807) is 12.1 Å². The predicted octanol–water partition coefficient (Wildman–Crippen LogP) is 7.19. The fourth-order valence-electron chi connectivity index (χ4n) is 4.87. The van der Waals surface area contributed by atoms with E-state index in [0.717, 1.165) is 62.6 Å². The Morgan fingerprint density at radius 1 is 0.649 bits per heavy atom.